The zero-order chi connectivity index (χ0) is 12.3. The maximum Gasteiger partial charge on any atom is 0.415 e. The van der Waals surface area contributed by atoms with Crippen LogP contribution in [0.25, 0.3) is 0 Å². The van der Waals surface area contributed by atoms with Gasteiger partial charge in [-0.25, -0.2) is 0 Å². The van der Waals surface area contributed by atoms with E-state index in [0.29, 0.717) is 0 Å². The molecule has 0 bridgehead atoms. The van der Waals surface area contributed by atoms with Crippen molar-refractivity contribution >= 4 is 10.8 Å². The van der Waals surface area contributed by atoms with Crippen molar-refractivity contribution in [2.75, 3.05) is 5.75 Å². The molecule has 2 nitrogen and oxygen atoms in total. The van der Waals surface area contributed by atoms with E-state index in [4.69, 9.17) is 5.11 Å². The molecule has 0 aromatic heterocycles. The normalized spacial score (nSPS) is 15.8. The summed E-state index contributed by atoms with van der Waals surface area (Å²) in [6.45, 7) is 1.82. The minimum atomic E-state index is -4.72. The monoisotopic (exact) mass is 252 g/mol. The summed E-state index contributed by atoms with van der Waals surface area (Å²) in [7, 11) is -1.84. The fourth-order valence-electron chi connectivity index (χ4n) is 1.02. The molecular weight excluding hydrogens is 241 g/mol. The molecule has 0 saturated heterocycles. The van der Waals surface area contributed by atoms with E-state index in [1.165, 1.54) is 12.1 Å². The standard InChI is InChI=1S/C10H11F3O2S/c1-7-2-4-8(5-3-7)16(15)6-9(14)10(11,12)13/h2-5,9,14H,6H2,1H3/t9-,16+/m0/s1. The van der Waals surface area contributed by atoms with Gasteiger partial charge >= 0.3 is 6.18 Å². The Bertz CT molecular complexity index is 373. The van der Waals surface area contributed by atoms with E-state index >= 15 is 0 Å². The molecule has 0 amide bonds. The predicted octanol–water partition coefficient (Wildman–Crippen LogP) is 2.03. The first-order valence-corrected chi connectivity index (χ1v) is 5.82. The number of hydrogen-bond donors (Lipinski definition) is 1. The Morgan fingerprint density at radius 3 is 2.25 bits per heavy atom. The Kier molecular flexibility index (Phi) is 4.09. The number of hydrogen-bond acceptors (Lipinski definition) is 2. The Labute approximate surface area is 93.6 Å². The highest BCUT2D eigenvalue weighted by Gasteiger charge is 2.39. The average Bonchev–Trinajstić information content (AvgIpc) is 2.17. The van der Waals surface area contributed by atoms with Crippen LogP contribution in [0.4, 0.5) is 13.2 Å². The summed E-state index contributed by atoms with van der Waals surface area (Å²) in [5.41, 5.74) is 0.928. The summed E-state index contributed by atoms with van der Waals surface area (Å²) >= 11 is 0. The van der Waals surface area contributed by atoms with Crippen molar-refractivity contribution in [2.24, 2.45) is 0 Å². The molecule has 0 unspecified atom stereocenters. The first-order chi connectivity index (χ1) is 7.30. The van der Waals surface area contributed by atoms with Crippen molar-refractivity contribution in [2.45, 2.75) is 24.1 Å². The van der Waals surface area contributed by atoms with E-state index in [2.05, 4.69) is 0 Å². The van der Waals surface area contributed by atoms with E-state index in [1.54, 1.807) is 12.1 Å². The number of alkyl halides is 3. The highest BCUT2D eigenvalue weighted by molar-refractivity contribution is 7.85. The number of aliphatic hydroxyl groups is 1. The fourth-order valence-corrected chi connectivity index (χ4v) is 2.13. The molecule has 16 heavy (non-hydrogen) atoms. The predicted molar refractivity (Wildman–Crippen MR) is 54.5 cm³/mol. The van der Waals surface area contributed by atoms with Crippen LogP contribution < -0.4 is 0 Å². The molecule has 0 fully saturated rings. The zero-order valence-electron chi connectivity index (χ0n) is 8.49. The Hall–Kier alpha value is -0.880. The molecule has 2 atom stereocenters. The summed E-state index contributed by atoms with van der Waals surface area (Å²) < 4.78 is 47.5. The van der Waals surface area contributed by atoms with Crippen LogP contribution in [0.1, 0.15) is 5.56 Å². The van der Waals surface area contributed by atoms with E-state index in [-0.39, 0.29) is 4.90 Å². The van der Waals surface area contributed by atoms with Crippen molar-refractivity contribution < 1.29 is 22.5 Å². The van der Waals surface area contributed by atoms with Crippen LogP contribution in [0.5, 0.6) is 0 Å². The molecular formula is C10H11F3O2S. The zero-order valence-corrected chi connectivity index (χ0v) is 9.31. The van der Waals surface area contributed by atoms with Crippen molar-refractivity contribution in [1.29, 1.82) is 0 Å². The number of halogens is 3. The molecule has 1 N–H and O–H groups in total. The van der Waals surface area contributed by atoms with Crippen LogP contribution >= 0.6 is 0 Å². The summed E-state index contributed by atoms with van der Waals surface area (Å²) in [6.07, 6.45) is -7.27. The van der Waals surface area contributed by atoms with E-state index in [1.807, 2.05) is 6.92 Å². The third kappa shape index (κ3) is 3.61. The largest absolute Gasteiger partial charge is 0.415 e. The maximum absolute atomic E-state index is 12.0. The molecule has 0 aliphatic rings. The molecule has 0 saturated carbocycles. The smallest absolute Gasteiger partial charge is 0.383 e. The van der Waals surface area contributed by atoms with Crippen LogP contribution in [0.3, 0.4) is 0 Å². The van der Waals surface area contributed by atoms with Gasteiger partial charge in [0.25, 0.3) is 0 Å². The SMILES string of the molecule is Cc1ccc([S@](=O)C[C@H](O)C(F)(F)F)cc1. The van der Waals surface area contributed by atoms with E-state index in [9.17, 15) is 17.4 Å². The summed E-state index contributed by atoms with van der Waals surface area (Å²) in [4.78, 5) is 0.286. The molecule has 1 aromatic rings. The minimum Gasteiger partial charge on any atom is -0.383 e. The number of aliphatic hydroxyl groups excluding tert-OH is 1. The lowest BCUT2D eigenvalue weighted by Gasteiger charge is -2.13. The average molecular weight is 252 g/mol. The molecule has 0 heterocycles. The molecule has 6 heteroatoms. The van der Waals surface area contributed by atoms with Crippen LogP contribution in [-0.2, 0) is 10.8 Å². The number of aryl methyl sites for hydroxylation is 1. The summed E-state index contributed by atoms with van der Waals surface area (Å²) in [6, 6.07) is 6.31. The molecule has 1 rings (SSSR count). The van der Waals surface area contributed by atoms with Crippen molar-refractivity contribution in [1.82, 2.24) is 0 Å². The second kappa shape index (κ2) is 4.97. The Morgan fingerprint density at radius 2 is 1.81 bits per heavy atom. The van der Waals surface area contributed by atoms with Crippen molar-refractivity contribution in [3.05, 3.63) is 29.8 Å². The van der Waals surface area contributed by atoms with Gasteiger partial charge in [0, 0.05) is 4.90 Å². The highest BCUT2D eigenvalue weighted by atomic mass is 32.2. The van der Waals surface area contributed by atoms with Gasteiger partial charge in [0.1, 0.15) is 0 Å². The van der Waals surface area contributed by atoms with Gasteiger partial charge < -0.3 is 5.11 Å². The highest BCUT2D eigenvalue weighted by Crippen LogP contribution is 2.22. The van der Waals surface area contributed by atoms with Gasteiger partial charge in [-0.2, -0.15) is 13.2 Å². The van der Waals surface area contributed by atoms with Gasteiger partial charge in [0.2, 0.25) is 0 Å². The molecule has 0 aliphatic heterocycles. The maximum atomic E-state index is 12.0. The van der Waals surface area contributed by atoms with E-state index < -0.39 is 28.8 Å². The Balaban J connectivity index is 2.70. The third-order valence-corrected chi connectivity index (χ3v) is 3.39. The summed E-state index contributed by atoms with van der Waals surface area (Å²) in [5.74, 6) is -0.827. The topological polar surface area (TPSA) is 37.3 Å². The lowest BCUT2D eigenvalue weighted by molar-refractivity contribution is -0.196. The fraction of sp³-hybridized carbons (Fsp3) is 0.400. The molecule has 0 aliphatic carbocycles. The van der Waals surface area contributed by atoms with Crippen LogP contribution in [0.15, 0.2) is 29.2 Å². The lowest BCUT2D eigenvalue weighted by Crippen LogP contribution is -2.33. The van der Waals surface area contributed by atoms with Crippen molar-refractivity contribution in [3.8, 4) is 0 Å². The van der Waals surface area contributed by atoms with Crippen LogP contribution in [0, 0.1) is 6.92 Å². The molecule has 0 radical (unpaired) electrons. The molecule has 0 spiro atoms. The van der Waals surface area contributed by atoms with Gasteiger partial charge in [-0.05, 0) is 19.1 Å². The van der Waals surface area contributed by atoms with Crippen LogP contribution in [-0.4, -0.2) is 27.3 Å². The second-order valence-electron chi connectivity index (χ2n) is 3.38. The van der Waals surface area contributed by atoms with Gasteiger partial charge in [-0.1, -0.05) is 17.7 Å². The first-order valence-electron chi connectivity index (χ1n) is 4.50. The molecule has 1 aromatic carbocycles. The number of rotatable bonds is 3. The third-order valence-electron chi connectivity index (χ3n) is 1.97. The number of benzene rings is 1. The summed E-state index contributed by atoms with van der Waals surface area (Å²) in [5, 5.41) is 8.75. The quantitative estimate of drug-likeness (QED) is 0.893. The van der Waals surface area contributed by atoms with E-state index in [0.717, 1.165) is 5.56 Å². The van der Waals surface area contributed by atoms with Gasteiger partial charge in [-0.15, -0.1) is 0 Å². The lowest BCUT2D eigenvalue weighted by atomic mass is 10.2. The van der Waals surface area contributed by atoms with Gasteiger partial charge in [-0.3, -0.25) is 4.21 Å². The van der Waals surface area contributed by atoms with Crippen molar-refractivity contribution in [3.63, 3.8) is 0 Å². The van der Waals surface area contributed by atoms with Crippen LogP contribution in [0.2, 0.25) is 0 Å². The minimum absolute atomic E-state index is 0.286. The first kappa shape index (κ1) is 13.2. The molecule has 90 valence electrons. The van der Waals surface area contributed by atoms with Gasteiger partial charge in [0.05, 0.1) is 16.6 Å². The Morgan fingerprint density at radius 1 is 1.31 bits per heavy atom. The van der Waals surface area contributed by atoms with Gasteiger partial charge in [0.15, 0.2) is 6.10 Å². The second-order valence-corrected chi connectivity index (χ2v) is 4.88.